The van der Waals surface area contributed by atoms with E-state index in [1.54, 1.807) is 0 Å². The van der Waals surface area contributed by atoms with Crippen molar-refractivity contribution in [2.24, 2.45) is 0 Å². The van der Waals surface area contributed by atoms with Crippen LogP contribution in [0.3, 0.4) is 0 Å². The highest BCUT2D eigenvalue weighted by Crippen LogP contribution is 2.55. The maximum Gasteiger partial charge on any atom is 0.123 e. The Labute approximate surface area is 186 Å². The van der Waals surface area contributed by atoms with E-state index in [1.807, 2.05) is 24.3 Å². The van der Waals surface area contributed by atoms with Crippen molar-refractivity contribution in [3.63, 3.8) is 0 Å². The quantitative estimate of drug-likeness (QED) is 0.445. The molecule has 4 nitrogen and oxygen atoms in total. The number of rotatable bonds is 0. The van der Waals surface area contributed by atoms with Gasteiger partial charge in [-0.15, -0.1) is 0 Å². The van der Waals surface area contributed by atoms with E-state index < -0.39 is 0 Å². The van der Waals surface area contributed by atoms with Crippen LogP contribution in [0.15, 0.2) is 24.3 Å². The Morgan fingerprint density at radius 3 is 1.43 bits per heavy atom. The molecule has 0 spiro atoms. The largest absolute Gasteiger partial charge is 0.491 e. The van der Waals surface area contributed by atoms with Gasteiger partial charge in [-0.3, -0.25) is 0 Å². The summed E-state index contributed by atoms with van der Waals surface area (Å²) in [6.45, 7) is 18.4. The molecule has 0 amide bonds. The van der Waals surface area contributed by atoms with Gasteiger partial charge in [0.2, 0.25) is 0 Å². The lowest BCUT2D eigenvalue weighted by molar-refractivity contribution is 0.109. The standard InChI is InChI=1S/C24H42O4P2/c1-23(2,3)29-16-14-25-10-12-27-21-8-7-9-22(20-21)28-13-11-26-15-17-30(19-18-29)24(4,5)6/h7-9,20H,10-19H2,1-6H3. The van der Waals surface area contributed by atoms with Gasteiger partial charge in [0, 0.05) is 6.07 Å². The first-order valence-electron chi connectivity index (χ1n) is 11.2. The van der Waals surface area contributed by atoms with Crippen molar-refractivity contribution < 1.29 is 18.9 Å². The Morgan fingerprint density at radius 1 is 0.600 bits per heavy atom. The van der Waals surface area contributed by atoms with Crippen LogP contribution in [0.4, 0.5) is 0 Å². The summed E-state index contributed by atoms with van der Waals surface area (Å²) in [6, 6.07) is 7.81. The normalized spacial score (nSPS) is 23.9. The summed E-state index contributed by atoms with van der Waals surface area (Å²) in [5, 5.41) is 0.724. The summed E-state index contributed by atoms with van der Waals surface area (Å²) in [6.07, 6.45) is 5.01. The van der Waals surface area contributed by atoms with Gasteiger partial charge < -0.3 is 18.9 Å². The minimum atomic E-state index is -0.0699. The molecule has 0 radical (unpaired) electrons. The molecule has 0 saturated heterocycles. The van der Waals surface area contributed by atoms with E-state index in [0.29, 0.717) is 36.7 Å². The molecule has 1 aliphatic heterocycles. The molecule has 0 saturated carbocycles. The summed E-state index contributed by atoms with van der Waals surface area (Å²) in [4.78, 5) is 0. The zero-order valence-corrected chi connectivity index (χ0v) is 21.7. The molecule has 0 N–H and O–H groups in total. The predicted octanol–water partition coefficient (Wildman–Crippen LogP) is 6.05. The van der Waals surface area contributed by atoms with Crippen LogP contribution in [0.2, 0.25) is 0 Å². The van der Waals surface area contributed by atoms with Gasteiger partial charge in [-0.25, -0.2) is 0 Å². The van der Waals surface area contributed by atoms with Crippen LogP contribution in [-0.2, 0) is 9.47 Å². The van der Waals surface area contributed by atoms with Crippen molar-refractivity contribution in [1.29, 1.82) is 0 Å². The second kappa shape index (κ2) is 12.6. The van der Waals surface area contributed by atoms with E-state index in [4.69, 9.17) is 18.9 Å². The Kier molecular flexibility index (Phi) is 10.9. The topological polar surface area (TPSA) is 36.9 Å². The number of benzene rings is 1. The van der Waals surface area contributed by atoms with E-state index in [1.165, 1.54) is 24.6 Å². The molecule has 0 aliphatic carbocycles. The molecule has 1 aromatic carbocycles. The fourth-order valence-electron chi connectivity index (χ4n) is 3.45. The fourth-order valence-corrected chi connectivity index (χ4v) is 9.21. The molecule has 2 atom stereocenters. The van der Waals surface area contributed by atoms with Gasteiger partial charge in [-0.2, -0.15) is 0 Å². The molecule has 2 unspecified atom stereocenters. The number of hydrogen-bond acceptors (Lipinski definition) is 4. The molecule has 30 heavy (non-hydrogen) atoms. The molecule has 2 rings (SSSR count). The lowest BCUT2D eigenvalue weighted by atomic mass is 10.3. The SMILES string of the molecule is CC(C)(C)P1CCOCCOc2cccc(c2)OCCOCCP(C(C)(C)C)CC1. The fraction of sp³-hybridized carbons (Fsp3) is 0.750. The van der Waals surface area contributed by atoms with Gasteiger partial charge in [0.15, 0.2) is 0 Å². The first-order chi connectivity index (χ1) is 14.2. The lowest BCUT2D eigenvalue weighted by Gasteiger charge is -2.36. The number of fused-ring (bicyclic) bond motifs is 2. The van der Waals surface area contributed by atoms with Gasteiger partial charge in [0.25, 0.3) is 0 Å². The van der Waals surface area contributed by atoms with Crippen molar-refractivity contribution in [2.75, 3.05) is 64.3 Å². The van der Waals surface area contributed by atoms with Crippen LogP contribution in [0.25, 0.3) is 0 Å². The molecule has 172 valence electrons. The van der Waals surface area contributed by atoms with Crippen molar-refractivity contribution >= 4 is 15.8 Å². The Hall–Kier alpha value is -0.400. The molecule has 2 bridgehead atoms. The Balaban J connectivity index is 2.01. The monoisotopic (exact) mass is 456 g/mol. The molecular weight excluding hydrogens is 414 g/mol. The second-order valence-corrected chi connectivity index (χ2v) is 16.3. The molecule has 1 heterocycles. The molecule has 1 aliphatic rings. The van der Waals surface area contributed by atoms with Gasteiger partial charge in [-0.05, 0) is 47.1 Å². The first-order valence-corrected chi connectivity index (χ1v) is 14.6. The molecular formula is C24H42O4P2. The van der Waals surface area contributed by atoms with Crippen molar-refractivity contribution in [1.82, 2.24) is 0 Å². The van der Waals surface area contributed by atoms with Crippen molar-refractivity contribution in [3.8, 4) is 11.5 Å². The highest BCUT2D eigenvalue weighted by atomic mass is 31.1. The Morgan fingerprint density at radius 2 is 1.03 bits per heavy atom. The average molecular weight is 457 g/mol. The van der Waals surface area contributed by atoms with Crippen LogP contribution >= 0.6 is 15.8 Å². The van der Waals surface area contributed by atoms with Gasteiger partial charge in [0.1, 0.15) is 24.7 Å². The third kappa shape index (κ3) is 9.82. The first kappa shape index (κ1) is 25.9. The zero-order chi connectivity index (χ0) is 22.0. The van der Waals surface area contributed by atoms with Crippen LogP contribution in [0, 0.1) is 0 Å². The third-order valence-corrected chi connectivity index (χ3v) is 12.5. The Bertz CT molecular complexity index is 561. The van der Waals surface area contributed by atoms with Gasteiger partial charge >= 0.3 is 0 Å². The van der Waals surface area contributed by atoms with Crippen LogP contribution in [0.1, 0.15) is 41.5 Å². The summed E-state index contributed by atoms with van der Waals surface area (Å²) < 4.78 is 23.5. The van der Waals surface area contributed by atoms with Gasteiger partial charge in [0.05, 0.1) is 26.4 Å². The van der Waals surface area contributed by atoms with Crippen molar-refractivity contribution in [3.05, 3.63) is 24.3 Å². The van der Waals surface area contributed by atoms with Crippen LogP contribution in [-0.4, -0.2) is 74.6 Å². The predicted molar refractivity (Wildman–Crippen MR) is 132 cm³/mol. The average Bonchev–Trinajstić information content (AvgIpc) is 2.65. The lowest BCUT2D eigenvalue weighted by Crippen LogP contribution is -2.23. The van der Waals surface area contributed by atoms with Gasteiger partial charge in [-0.1, -0.05) is 63.5 Å². The van der Waals surface area contributed by atoms with E-state index in [0.717, 1.165) is 24.7 Å². The highest BCUT2D eigenvalue weighted by molar-refractivity contribution is 7.63. The maximum atomic E-state index is 5.94. The number of ether oxygens (including phenoxy) is 4. The molecule has 1 aromatic rings. The highest BCUT2D eigenvalue weighted by Gasteiger charge is 2.28. The zero-order valence-electron chi connectivity index (χ0n) is 19.9. The summed E-state index contributed by atoms with van der Waals surface area (Å²) >= 11 is 0. The molecule has 0 aromatic heterocycles. The summed E-state index contributed by atoms with van der Waals surface area (Å²) in [7, 11) is -0.140. The smallest absolute Gasteiger partial charge is 0.123 e. The minimum Gasteiger partial charge on any atom is -0.491 e. The summed E-state index contributed by atoms with van der Waals surface area (Å²) in [5.41, 5.74) is 0. The third-order valence-electron chi connectivity index (χ3n) is 5.35. The summed E-state index contributed by atoms with van der Waals surface area (Å²) in [5.74, 6) is 1.64. The molecule has 6 heteroatoms. The van der Waals surface area contributed by atoms with E-state index in [9.17, 15) is 0 Å². The second-order valence-electron chi connectivity index (χ2n) is 9.71. The maximum absolute atomic E-state index is 5.94. The van der Waals surface area contributed by atoms with E-state index >= 15 is 0 Å². The number of hydrogen-bond donors (Lipinski definition) is 0. The van der Waals surface area contributed by atoms with E-state index in [2.05, 4.69) is 41.5 Å². The molecule has 0 fully saturated rings. The van der Waals surface area contributed by atoms with Crippen molar-refractivity contribution in [2.45, 2.75) is 51.9 Å². The van der Waals surface area contributed by atoms with E-state index in [-0.39, 0.29) is 15.8 Å². The minimum absolute atomic E-state index is 0.0699. The van der Waals surface area contributed by atoms with Crippen LogP contribution in [0.5, 0.6) is 11.5 Å². The van der Waals surface area contributed by atoms with Crippen LogP contribution < -0.4 is 9.47 Å².